The molecule has 106 valence electrons. The number of hydrogen-bond donors (Lipinski definition) is 2. The fraction of sp³-hybridized carbons (Fsp3) is 0.692. The molecule has 1 fully saturated rings. The topological polar surface area (TPSA) is 68.2 Å². The number of hydrogen-bond acceptors (Lipinski definition) is 4. The van der Waals surface area contributed by atoms with Gasteiger partial charge in [0.1, 0.15) is 0 Å². The molecule has 0 bridgehead atoms. The van der Waals surface area contributed by atoms with Gasteiger partial charge in [0.15, 0.2) is 0 Å². The number of amides is 1. The van der Waals surface area contributed by atoms with E-state index in [1.54, 1.807) is 18.0 Å². The maximum absolute atomic E-state index is 12.1. The van der Waals surface area contributed by atoms with Crippen LogP contribution in [0.15, 0.2) is 12.4 Å². The van der Waals surface area contributed by atoms with E-state index in [2.05, 4.69) is 22.7 Å². The Morgan fingerprint density at radius 1 is 1.68 bits per heavy atom. The first-order chi connectivity index (χ1) is 9.19. The van der Waals surface area contributed by atoms with Crippen LogP contribution in [0.5, 0.6) is 0 Å². The lowest BCUT2D eigenvalue weighted by Gasteiger charge is -2.26. The van der Waals surface area contributed by atoms with Crippen LogP contribution in [-0.4, -0.2) is 42.0 Å². The van der Waals surface area contributed by atoms with E-state index in [1.165, 1.54) is 0 Å². The zero-order chi connectivity index (χ0) is 13.7. The molecular weight excluding hydrogens is 244 g/mol. The monoisotopic (exact) mass is 266 g/mol. The first-order valence-corrected chi connectivity index (χ1v) is 6.74. The normalized spacial score (nSPS) is 23.3. The van der Waals surface area contributed by atoms with Crippen LogP contribution in [0.2, 0.25) is 0 Å². The van der Waals surface area contributed by atoms with Crippen LogP contribution in [0.3, 0.4) is 0 Å². The van der Waals surface area contributed by atoms with E-state index in [0.29, 0.717) is 19.2 Å². The maximum atomic E-state index is 12.1. The van der Waals surface area contributed by atoms with Gasteiger partial charge in [-0.1, -0.05) is 0 Å². The van der Waals surface area contributed by atoms with Crippen molar-refractivity contribution in [3.8, 4) is 0 Å². The lowest BCUT2D eigenvalue weighted by Crippen LogP contribution is -2.40. The Kier molecular flexibility index (Phi) is 4.93. The quantitative estimate of drug-likeness (QED) is 0.829. The molecule has 0 aromatic carbocycles. The van der Waals surface area contributed by atoms with E-state index in [9.17, 15) is 4.79 Å². The zero-order valence-corrected chi connectivity index (χ0v) is 11.6. The standard InChI is InChI=1S/C13H22N4O2/c1-10-7-11(3-4-14-10)13(18)16-12-8-15-17(9-12)5-6-19-2/h8-11,14H,3-7H2,1-2H3,(H,16,18). The minimum Gasteiger partial charge on any atom is -0.383 e. The predicted octanol–water partition coefficient (Wildman–Crippen LogP) is 0.856. The highest BCUT2D eigenvalue weighted by molar-refractivity contribution is 5.92. The smallest absolute Gasteiger partial charge is 0.227 e. The van der Waals surface area contributed by atoms with Crippen LogP contribution < -0.4 is 10.6 Å². The third kappa shape index (κ3) is 4.04. The minimum absolute atomic E-state index is 0.0959. The molecule has 0 aliphatic carbocycles. The van der Waals surface area contributed by atoms with Gasteiger partial charge in [-0.05, 0) is 26.3 Å². The lowest BCUT2D eigenvalue weighted by molar-refractivity contribution is -0.120. The van der Waals surface area contributed by atoms with Gasteiger partial charge in [0, 0.05) is 25.3 Å². The number of ether oxygens (including phenoxy) is 1. The highest BCUT2D eigenvalue weighted by Crippen LogP contribution is 2.18. The van der Waals surface area contributed by atoms with Crippen molar-refractivity contribution in [1.82, 2.24) is 15.1 Å². The third-order valence-corrected chi connectivity index (χ3v) is 3.42. The number of rotatable bonds is 5. The maximum Gasteiger partial charge on any atom is 0.227 e. The van der Waals surface area contributed by atoms with E-state index in [0.717, 1.165) is 25.1 Å². The largest absolute Gasteiger partial charge is 0.383 e. The zero-order valence-electron chi connectivity index (χ0n) is 11.6. The van der Waals surface area contributed by atoms with Crippen molar-refractivity contribution in [2.24, 2.45) is 5.92 Å². The summed E-state index contributed by atoms with van der Waals surface area (Å²) in [5.41, 5.74) is 0.757. The van der Waals surface area contributed by atoms with Gasteiger partial charge >= 0.3 is 0 Å². The molecule has 1 aliphatic rings. The summed E-state index contributed by atoms with van der Waals surface area (Å²) in [7, 11) is 1.66. The van der Waals surface area contributed by atoms with Gasteiger partial charge in [-0.3, -0.25) is 9.48 Å². The Hall–Kier alpha value is -1.40. The van der Waals surface area contributed by atoms with Crippen molar-refractivity contribution in [1.29, 1.82) is 0 Å². The van der Waals surface area contributed by atoms with Gasteiger partial charge in [0.25, 0.3) is 0 Å². The Morgan fingerprint density at radius 3 is 3.26 bits per heavy atom. The van der Waals surface area contributed by atoms with Gasteiger partial charge in [-0.15, -0.1) is 0 Å². The van der Waals surface area contributed by atoms with E-state index in [4.69, 9.17) is 4.74 Å². The highest BCUT2D eigenvalue weighted by atomic mass is 16.5. The number of carbonyl (C=O) groups excluding carboxylic acids is 1. The Morgan fingerprint density at radius 2 is 2.53 bits per heavy atom. The summed E-state index contributed by atoms with van der Waals surface area (Å²) in [6, 6.07) is 0.411. The molecule has 6 heteroatoms. The van der Waals surface area contributed by atoms with Crippen molar-refractivity contribution in [3.63, 3.8) is 0 Å². The number of anilines is 1. The summed E-state index contributed by atoms with van der Waals surface area (Å²) in [5, 5.41) is 10.5. The molecule has 2 heterocycles. The summed E-state index contributed by atoms with van der Waals surface area (Å²) in [6.07, 6.45) is 5.30. The highest BCUT2D eigenvalue weighted by Gasteiger charge is 2.24. The number of nitrogens with one attached hydrogen (secondary N) is 2. The van der Waals surface area contributed by atoms with E-state index < -0.39 is 0 Å². The van der Waals surface area contributed by atoms with Gasteiger partial charge in [-0.2, -0.15) is 5.10 Å². The molecular formula is C13H22N4O2. The fourth-order valence-electron chi connectivity index (χ4n) is 2.35. The summed E-state index contributed by atoms with van der Waals surface area (Å²) in [6.45, 7) is 4.33. The van der Waals surface area contributed by atoms with Gasteiger partial charge in [0.05, 0.1) is 25.0 Å². The Balaban J connectivity index is 1.86. The van der Waals surface area contributed by atoms with Crippen LogP contribution in [0.4, 0.5) is 5.69 Å². The number of carbonyl (C=O) groups is 1. The van der Waals surface area contributed by atoms with Gasteiger partial charge in [-0.25, -0.2) is 0 Å². The van der Waals surface area contributed by atoms with Crippen molar-refractivity contribution in [3.05, 3.63) is 12.4 Å². The third-order valence-electron chi connectivity index (χ3n) is 3.42. The molecule has 1 aliphatic heterocycles. The molecule has 2 rings (SSSR count). The molecule has 1 saturated heterocycles. The molecule has 0 radical (unpaired) electrons. The molecule has 0 saturated carbocycles. The molecule has 2 unspecified atom stereocenters. The van der Waals surface area contributed by atoms with E-state index in [-0.39, 0.29) is 11.8 Å². The van der Waals surface area contributed by atoms with E-state index in [1.807, 2.05) is 6.20 Å². The number of piperidine rings is 1. The van der Waals surface area contributed by atoms with Crippen molar-refractivity contribution in [2.75, 3.05) is 25.6 Å². The molecule has 0 spiro atoms. The van der Waals surface area contributed by atoms with Crippen LogP contribution in [-0.2, 0) is 16.1 Å². The second-order valence-electron chi connectivity index (χ2n) is 5.05. The van der Waals surface area contributed by atoms with Crippen molar-refractivity contribution in [2.45, 2.75) is 32.4 Å². The van der Waals surface area contributed by atoms with Gasteiger partial charge < -0.3 is 15.4 Å². The lowest BCUT2D eigenvalue weighted by atomic mass is 9.92. The Bertz CT molecular complexity index is 419. The minimum atomic E-state index is 0.0959. The second-order valence-corrected chi connectivity index (χ2v) is 5.05. The molecule has 2 atom stereocenters. The van der Waals surface area contributed by atoms with Gasteiger partial charge in [0.2, 0.25) is 5.91 Å². The molecule has 1 aromatic heterocycles. The summed E-state index contributed by atoms with van der Waals surface area (Å²) >= 11 is 0. The second kappa shape index (κ2) is 6.68. The average molecular weight is 266 g/mol. The van der Waals surface area contributed by atoms with Crippen LogP contribution in [0.1, 0.15) is 19.8 Å². The first-order valence-electron chi connectivity index (χ1n) is 6.74. The molecule has 1 amide bonds. The average Bonchev–Trinajstić information content (AvgIpc) is 2.84. The van der Waals surface area contributed by atoms with Crippen molar-refractivity contribution < 1.29 is 9.53 Å². The molecule has 2 N–H and O–H groups in total. The van der Waals surface area contributed by atoms with E-state index >= 15 is 0 Å². The molecule has 6 nitrogen and oxygen atoms in total. The number of methoxy groups -OCH3 is 1. The summed E-state index contributed by atoms with van der Waals surface area (Å²) in [5.74, 6) is 0.193. The fourth-order valence-corrected chi connectivity index (χ4v) is 2.35. The first kappa shape index (κ1) is 14.0. The number of aromatic nitrogens is 2. The molecule has 19 heavy (non-hydrogen) atoms. The van der Waals surface area contributed by atoms with Crippen molar-refractivity contribution >= 4 is 11.6 Å². The summed E-state index contributed by atoms with van der Waals surface area (Å²) in [4.78, 5) is 12.1. The SMILES string of the molecule is COCCn1cc(NC(=O)C2CCNC(C)C2)cn1. The Labute approximate surface area is 113 Å². The van der Waals surface area contributed by atoms with Crippen LogP contribution >= 0.6 is 0 Å². The summed E-state index contributed by atoms with van der Waals surface area (Å²) < 4.78 is 6.76. The van der Waals surface area contributed by atoms with Crippen LogP contribution in [0.25, 0.3) is 0 Å². The predicted molar refractivity (Wildman–Crippen MR) is 72.9 cm³/mol. The number of nitrogens with zero attached hydrogens (tertiary/aromatic N) is 2. The molecule has 1 aromatic rings. The van der Waals surface area contributed by atoms with Crippen LogP contribution in [0, 0.1) is 5.92 Å².